The number of hydrogen-bond donors (Lipinski definition) is 1. The van der Waals surface area contributed by atoms with Gasteiger partial charge < -0.3 is 10.1 Å². The molecule has 0 fully saturated rings. The van der Waals surface area contributed by atoms with Crippen molar-refractivity contribution in [3.8, 4) is 11.1 Å². The maximum atomic E-state index is 13.0. The molecular weight excluding hydrogens is 416 g/mol. The molecule has 0 bridgehead atoms. The summed E-state index contributed by atoms with van der Waals surface area (Å²) in [5.74, 6) is -0.947. The van der Waals surface area contributed by atoms with Gasteiger partial charge >= 0.3 is 5.97 Å². The lowest BCUT2D eigenvalue weighted by Gasteiger charge is -2.29. The number of hydrogen-bond acceptors (Lipinski definition) is 5. The van der Waals surface area contributed by atoms with Gasteiger partial charge in [0.15, 0.2) is 0 Å². The molecule has 0 atom stereocenters. The van der Waals surface area contributed by atoms with Crippen LogP contribution in [0.1, 0.15) is 27.6 Å². The van der Waals surface area contributed by atoms with Crippen molar-refractivity contribution in [3.05, 3.63) is 77.9 Å². The van der Waals surface area contributed by atoms with Crippen LogP contribution in [0.15, 0.2) is 71.6 Å². The highest BCUT2D eigenvalue weighted by atomic mass is 32.2. The van der Waals surface area contributed by atoms with Crippen LogP contribution in [0.5, 0.6) is 0 Å². The smallest absolute Gasteiger partial charge is 0.340 e. The van der Waals surface area contributed by atoms with Crippen molar-refractivity contribution in [3.63, 3.8) is 0 Å². The zero-order chi connectivity index (χ0) is 22.2. The summed E-state index contributed by atoms with van der Waals surface area (Å²) < 4.78 is 31.8. The lowest BCUT2D eigenvalue weighted by Crippen LogP contribution is -2.30. The van der Waals surface area contributed by atoms with Gasteiger partial charge in [-0.25, -0.2) is 13.2 Å². The molecule has 0 saturated carbocycles. The molecular formula is C23H20N2O5S. The molecule has 1 aliphatic rings. The topological polar surface area (TPSA) is 92.8 Å². The van der Waals surface area contributed by atoms with E-state index in [2.05, 4.69) is 5.32 Å². The number of amides is 1. The Bertz CT molecular complexity index is 1300. The second kappa shape index (κ2) is 7.88. The van der Waals surface area contributed by atoms with E-state index in [1.807, 2.05) is 0 Å². The average Bonchev–Trinajstić information content (AvgIpc) is 2.78. The van der Waals surface area contributed by atoms with Gasteiger partial charge in [-0.1, -0.05) is 30.3 Å². The summed E-state index contributed by atoms with van der Waals surface area (Å²) in [6.45, 7) is 1.93. The first-order chi connectivity index (χ1) is 14.8. The van der Waals surface area contributed by atoms with Crippen LogP contribution >= 0.6 is 0 Å². The summed E-state index contributed by atoms with van der Waals surface area (Å²) in [5.41, 5.74) is 2.59. The molecule has 158 valence electrons. The Hall–Kier alpha value is -3.65. The van der Waals surface area contributed by atoms with Gasteiger partial charge in [0.05, 0.1) is 28.4 Å². The van der Waals surface area contributed by atoms with E-state index in [4.69, 9.17) is 4.74 Å². The number of benzene rings is 3. The van der Waals surface area contributed by atoms with Crippen LogP contribution in [-0.2, 0) is 14.8 Å². The number of para-hydroxylation sites is 1. The molecule has 1 amide bonds. The summed E-state index contributed by atoms with van der Waals surface area (Å²) in [6.07, 6.45) is 0. The SMILES string of the molecule is CCOC(=O)c1ccccc1NC(=O)c1ccc2c(c1)-c1ccccc1S(=O)(=O)N2C. The molecule has 31 heavy (non-hydrogen) atoms. The fourth-order valence-corrected chi connectivity index (χ4v) is 4.95. The highest BCUT2D eigenvalue weighted by Gasteiger charge is 2.32. The molecule has 4 rings (SSSR count). The van der Waals surface area contributed by atoms with Crippen molar-refractivity contribution in [2.75, 3.05) is 23.3 Å². The number of nitrogens with one attached hydrogen (secondary N) is 1. The van der Waals surface area contributed by atoms with Gasteiger partial charge in [0.2, 0.25) is 0 Å². The van der Waals surface area contributed by atoms with Crippen molar-refractivity contribution < 1.29 is 22.7 Å². The van der Waals surface area contributed by atoms with E-state index < -0.39 is 21.9 Å². The van der Waals surface area contributed by atoms with Gasteiger partial charge in [-0.05, 0) is 43.3 Å². The Balaban J connectivity index is 1.72. The fraction of sp³-hybridized carbons (Fsp3) is 0.130. The number of ether oxygens (including phenoxy) is 1. The van der Waals surface area contributed by atoms with Crippen molar-refractivity contribution in [2.45, 2.75) is 11.8 Å². The largest absolute Gasteiger partial charge is 0.462 e. The zero-order valence-corrected chi connectivity index (χ0v) is 17.8. The lowest BCUT2D eigenvalue weighted by atomic mass is 10.00. The Morgan fingerprint density at radius 2 is 1.68 bits per heavy atom. The lowest BCUT2D eigenvalue weighted by molar-refractivity contribution is 0.0527. The van der Waals surface area contributed by atoms with Crippen molar-refractivity contribution in [1.82, 2.24) is 0 Å². The predicted octanol–water partition coefficient (Wildman–Crippen LogP) is 3.92. The molecule has 0 aromatic heterocycles. The molecule has 7 nitrogen and oxygen atoms in total. The van der Waals surface area contributed by atoms with E-state index in [0.29, 0.717) is 28.1 Å². The highest BCUT2D eigenvalue weighted by molar-refractivity contribution is 7.93. The summed E-state index contributed by atoms with van der Waals surface area (Å²) >= 11 is 0. The number of anilines is 2. The molecule has 0 aliphatic carbocycles. The Labute approximate surface area is 180 Å². The van der Waals surface area contributed by atoms with E-state index in [9.17, 15) is 18.0 Å². The molecule has 1 aliphatic heterocycles. The Kier molecular flexibility index (Phi) is 5.24. The van der Waals surface area contributed by atoms with Crippen LogP contribution in [0.3, 0.4) is 0 Å². The Morgan fingerprint density at radius 3 is 2.45 bits per heavy atom. The minimum absolute atomic E-state index is 0.190. The third-order valence-corrected chi connectivity index (χ3v) is 6.91. The predicted molar refractivity (Wildman–Crippen MR) is 118 cm³/mol. The maximum Gasteiger partial charge on any atom is 0.340 e. The minimum Gasteiger partial charge on any atom is -0.462 e. The van der Waals surface area contributed by atoms with E-state index in [1.54, 1.807) is 73.7 Å². The van der Waals surface area contributed by atoms with Crippen LogP contribution < -0.4 is 9.62 Å². The number of nitrogens with zero attached hydrogens (tertiary/aromatic N) is 1. The third-order valence-electron chi connectivity index (χ3n) is 5.08. The van der Waals surface area contributed by atoms with Crippen LogP contribution in [0.4, 0.5) is 11.4 Å². The first-order valence-electron chi connectivity index (χ1n) is 9.64. The second-order valence-electron chi connectivity index (χ2n) is 6.92. The number of sulfonamides is 1. The normalized spacial score (nSPS) is 13.7. The van der Waals surface area contributed by atoms with Gasteiger partial charge in [0, 0.05) is 23.7 Å². The number of rotatable bonds is 4. The van der Waals surface area contributed by atoms with Crippen molar-refractivity contribution >= 4 is 33.3 Å². The number of carbonyl (C=O) groups excluding carboxylic acids is 2. The van der Waals surface area contributed by atoms with Gasteiger partial charge in [0.1, 0.15) is 0 Å². The molecule has 3 aromatic carbocycles. The Morgan fingerprint density at radius 1 is 0.968 bits per heavy atom. The molecule has 0 unspecified atom stereocenters. The molecule has 0 spiro atoms. The summed E-state index contributed by atoms with van der Waals surface area (Å²) in [7, 11) is -2.17. The van der Waals surface area contributed by atoms with Crippen LogP contribution in [0, 0.1) is 0 Å². The second-order valence-corrected chi connectivity index (χ2v) is 8.86. The summed E-state index contributed by atoms with van der Waals surface area (Å²) in [6, 6.07) is 18.1. The number of esters is 1. The van der Waals surface area contributed by atoms with Gasteiger partial charge in [-0.2, -0.15) is 0 Å². The number of fused-ring (bicyclic) bond motifs is 3. The number of carbonyl (C=O) groups is 2. The maximum absolute atomic E-state index is 13.0. The molecule has 8 heteroatoms. The van der Waals surface area contributed by atoms with Gasteiger partial charge in [-0.15, -0.1) is 0 Å². The van der Waals surface area contributed by atoms with Gasteiger partial charge in [0.25, 0.3) is 15.9 Å². The molecule has 1 N–H and O–H groups in total. The van der Waals surface area contributed by atoms with Crippen LogP contribution in [0.25, 0.3) is 11.1 Å². The average molecular weight is 436 g/mol. The van der Waals surface area contributed by atoms with Crippen LogP contribution in [0.2, 0.25) is 0 Å². The minimum atomic E-state index is -3.66. The molecule has 1 heterocycles. The quantitative estimate of drug-likeness (QED) is 0.626. The highest BCUT2D eigenvalue weighted by Crippen LogP contribution is 2.42. The first-order valence-corrected chi connectivity index (χ1v) is 11.1. The van der Waals surface area contributed by atoms with E-state index in [1.165, 1.54) is 11.4 Å². The molecule has 0 radical (unpaired) electrons. The fourth-order valence-electron chi connectivity index (χ4n) is 3.53. The zero-order valence-electron chi connectivity index (χ0n) is 17.0. The van der Waals surface area contributed by atoms with E-state index in [0.717, 1.165) is 0 Å². The van der Waals surface area contributed by atoms with Crippen molar-refractivity contribution in [2.24, 2.45) is 0 Å². The summed E-state index contributed by atoms with van der Waals surface area (Å²) in [4.78, 5) is 25.3. The molecule has 3 aromatic rings. The monoisotopic (exact) mass is 436 g/mol. The third kappa shape index (κ3) is 3.55. The van der Waals surface area contributed by atoms with E-state index >= 15 is 0 Å². The summed E-state index contributed by atoms with van der Waals surface area (Å²) in [5, 5.41) is 2.75. The standard InChI is InChI=1S/C23H20N2O5S/c1-3-30-23(27)17-9-4-6-10-19(17)24-22(26)15-12-13-20-18(14-15)16-8-5-7-11-21(16)31(28,29)25(20)2/h4-14H,3H2,1-2H3,(H,24,26). The van der Waals surface area contributed by atoms with Crippen LogP contribution in [-0.4, -0.2) is 33.9 Å². The van der Waals surface area contributed by atoms with Gasteiger partial charge in [-0.3, -0.25) is 9.10 Å². The van der Waals surface area contributed by atoms with E-state index in [-0.39, 0.29) is 17.1 Å². The van der Waals surface area contributed by atoms with Crippen molar-refractivity contribution in [1.29, 1.82) is 0 Å². The molecule has 0 saturated heterocycles. The first kappa shape index (κ1) is 20.6.